The fourth-order valence-corrected chi connectivity index (χ4v) is 3.64. The number of phenols is 1. The second-order valence-electron chi connectivity index (χ2n) is 8.32. The lowest BCUT2D eigenvalue weighted by atomic mass is 10.0. The molecule has 3 aromatic carbocycles. The molecule has 3 aromatic rings. The molecule has 6 N–H and O–H groups in total. The predicted molar refractivity (Wildman–Crippen MR) is 132 cm³/mol. The summed E-state index contributed by atoms with van der Waals surface area (Å²) in [7, 11) is 0. The number of nitrogens with two attached hydrogens (primary N) is 1. The van der Waals surface area contributed by atoms with Gasteiger partial charge in [-0.1, -0.05) is 72.8 Å². The zero-order valence-corrected chi connectivity index (χ0v) is 19.1. The Balaban J connectivity index is 1.72. The number of carboxylic acid groups (broad SMARTS) is 1. The van der Waals surface area contributed by atoms with E-state index in [1.165, 1.54) is 12.1 Å². The number of benzene rings is 3. The van der Waals surface area contributed by atoms with Gasteiger partial charge in [-0.3, -0.25) is 9.59 Å². The highest BCUT2D eigenvalue weighted by atomic mass is 16.4. The lowest BCUT2D eigenvalue weighted by Gasteiger charge is -2.23. The van der Waals surface area contributed by atoms with E-state index in [0.29, 0.717) is 12.0 Å². The van der Waals surface area contributed by atoms with Crippen LogP contribution in [0, 0.1) is 0 Å². The molecule has 0 aliphatic rings. The first kappa shape index (κ1) is 25.5. The largest absolute Gasteiger partial charge is 0.508 e. The maximum atomic E-state index is 13.2. The molecule has 0 fully saturated rings. The van der Waals surface area contributed by atoms with Crippen LogP contribution in [0.4, 0.5) is 0 Å². The highest BCUT2D eigenvalue weighted by molar-refractivity contribution is 5.92. The van der Waals surface area contributed by atoms with E-state index in [-0.39, 0.29) is 18.6 Å². The molecule has 0 saturated carbocycles. The van der Waals surface area contributed by atoms with Gasteiger partial charge in [0, 0.05) is 12.8 Å². The van der Waals surface area contributed by atoms with E-state index in [9.17, 15) is 24.6 Å². The van der Waals surface area contributed by atoms with Gasteiger partial charge in [0.1, 0.15) is 17.8 Å². The Hall–Kier alpha value is -4.17. The number of hydrogen-bond donors (Lipinski definition) is 5. The van der Waals surface area contributed by atoms with Crippen molar-refractivity contribution in [3.05, 3.63) is 102 Å². The summed E-state index contributed by atoms with van der Waals surface area (Å²) in [4.78, 5) is 37.8. The third-order valence-electron chi connectivity index (χ3n) is 5.54. The van der Waals surface area contributed by atoms with Crippen molar-refractivity contribution in [3.8, 4) is 5.75 Å². The normalized spacial score (nSPS) is 13.3. The molecule has 0 aromatic heterocycles. The van der Waals surface area contributed by atoms with E-state index >= 15 is 0 Å². The summed E-state index contributed by atoms with van der Waals surface area (Å²) in [5.74, 6) is -2.28. The van der Waals surface area contributed by atoms with Crippen molar-refractivity contribution in [3.63, 3.8) is 0 Å². The van der Waals surface area contributed by atoms with Gasteiger partial charge in [-0.05, 0) is 35.2 Å². The zero-order chi connectivity index (χ0) is 25.2. The van der Waals surface area contributed by atoms with Crippen molar-refractivity contribution in [2.75, 3.05) is 0 Å². The first-order valence-electron chi connectivity index (χ1n) is 11.3. The average molecular weight is 476 g/mol. The quantitative estimate of drug-likeness (QED) is 0.286. The van der Waals surface area contributed by atoms with Crippen LogP contribution in [0.15, 0.2) is 84.9 Å². The van der Waals surface area contributed by atoms with E-state index in [1.54, 1.807) is 12.1 Å². The third kappa shape index (κ3) is 7.97. The molecule has 3 atom stereocenters. The van der Waals surface area contributed by atoms with Crippen LogP contribution in [-0.4, -0.2) is 46.1 Å². The molecular formula is C27H29N3O5. The van der Waals surface area contributed by atoms with Crippen LogP contribution >= 0.6 is 0 Å². The van der Waals surface area contributed by atoms with Crippen LogP contribution in [0.3, 0.4) is 0 Å². The van der Waals surface area contributed by atoms with E-state index in [0.717, 1.165) is 11.1 Å². The summed E-state index contributed by atoms with van der Waals surface area (Å²) in [6, 6.07) is 21.4. The molecule has 182 valence electrons. The predicted octanol–water partition coefficient (Wildman–Crippen LogP) is 1.80. The second-order valence-corrected chi connectivity index (χ2v) is 8.32. The second kappa shape index (κ2) is 12.3. The van der Waals surface area contributed by atoms with Crippen LogP contribution in [0.5, 0.6) is 5.75 Å². The molecule has 0 aliphatic carbocycles. The molecule has 0 radical (unpaired) electrons. The van der Waals surface area contributed by atoms with Crippen LogP contribution in [0.1, 0.15) is 16.7 Å². The molecule has 35 heavy (non-hydrogen) atoms. The Labute approximate surface area is 203 Å². The van der Waals surface area contributed by atoms with Crippen LogP contribution in [0.25, 0.3) is 0 Å². The summed E-state index contributed by atoms with van der Waals surface area (Å²) < 4.78 is 0. The molecule has 8 nitrogen and oxygen atoms in total. The number of phenolic OH excluding ortho intramolecular Hbond substituents is 1. The number of rotatable bonds is 11. The lowest BCUT2D eigenvalue weighted by Crippen LogP contribution is -2.55. The van der Waals surface area contributed by atoms with Gasteiger partial charge in [-0.15, -0.1) is 0 Å². The van der Waals surface area contributed by atoms with E-state index in [2.05, 4.69) is 10.6 Å². The average Bonchev–Trinajstić information content (AvgIpc) is 2.85. The molecule has 0 saturated heterocycles. The van der Waals surface area contributed by atoms with Crippen LogP contribution in [-0.2, 0) is 33.6 Å². The van der Waals surface area contributed by atoms with E-state index < -0.39 is 35.9 Å². The third-order valence-corrected chi connectivity index (χ3v) is 5.54. The highest BCUT2D eigenvalue weighted by Crippen LogP contribution is 2.12. The molecule has 0 heterocycles. The SMILES string of the molecule is N[C@@H](Cc1ccccc1)C(=O)N[C@H](Cc1ccccc1)C(=O)N[C@H](Cc1ccc(O)cc1)C(=O)O. The first-order valence-corrected chi connectivity index (χ1v) is 11.3. The molecule has 2 amide bonds. The van der Waals surface area contributed by atoms with Gasteiger partial charge in [0.25, 0.3) is 0 Å². The van der Waals surface area contributed by atoms with Gasteiger partial charge < -0.3 is 26.6 Å². The zero-order valence-electron chi connectivity index (χ0n) is 19.1. The Morgan fingerprint density at radius 1 is 0.657 bits per heavy atom. The maximum Gasteiger partial charge on any atom is 0.326 e. The summed E-state index contributed by atoms with van der Waals surface area (Å²) in [5.41, 5.74) is 8.41. The minimum absolute atomic E-state index is 0.0148. The van der Waals surface area contributed by atoms with E-state index in [4.69, 9.17) is 5.73 Å². The van der Waals surface area contributed by atoms with Gasteiger partial charge >= 0.3 is 5.97 Å². The highest BCUT2D eigenvalue weighted by Gasteiger charge is 2.28. The Kier molecular flexibility index (Phi) is 8.97. The number of aliphatic carboxylic acids is 1. The number of carbonyl (C=O) groups excluding carboxylic acids is 2. The number of nitrogens with one attached hydrogen (secondary N) is 2. The van der Waals surface area contributed by atoms with Crippen molar-refractivity contribution in [2.45, 2.75) is 37.4 Å². The van der Waals surface area contributed by atoms with Crippen molar-refractivity contribution in [2.24, 2.45) is 5.73 Å². The Morgan fingerprint density at radius 3 is 1.66 bits per heavy atom. The van der Waals surface area contributed by atoms with Crippen molar-refractivity contribution in [1.29, 1.82) is 0 Å². The fourth-order valence-electron chi connectivity index (χ4n) is 3.64. The number of amides is 2. The van der Waals surface area contributed by atoms with Gasteiger partial charge in [-0.2, -0.15) is 0 Å². The fraction of sp³-hybridized carbons (Fsp3) is 0.222. The van der Waals surface area contributed by atoms with Crippen molar-refractivity contribution < 1.29 is 24.6 Å². The van der Waals surface area contributed by atoms with Crippen molar-refractivity contribution in [1.82, 2.24) is 10.6 Å². The summed E-state index contributed by atoms with van der Waals surface area (Å²) in [6.45, 7) is 0. The minimum atomic E-state index is -1.22. The molecule has 0 bridgehead atoms. The minimum Gasteiger partial charge on any atom is -0.508 e. The van der Waals surface area contributed by atoms with Crippen molar-refractivity contribution >= 4 is 17.8 Å². The standard InChI is InChI=1S/C27H29N3O5/c28-22(15-18-7-3-1-4-8-18)25(32)29-23(16-19-9-5-2-6-10-19)26(33)30-24(27(34)35)17-20-11-13-21(31)14-12-20/h1-14,22-24,31H,15-17,28H2,(H,29,32)(H,30,33)(H,34,35)/t22-,23+,24+/m0/s1. The Bertz CT molecular complexity index is 1120. The van der Waals surface area contributed by atoms with Crippen LogP contribution in [0.2, 0.25) is 0 Å². The van der Waals surface area contributed by atoms with Gasteiger partial charge in [0.15, 0.2) is 0 Å². The van der Waals surface area contributed by atoms with E-state index in [1.807, 2.05) is 60.7 Å². The smallest absolute Gasteiger partial charge is 0.326 e. The lowest BCUT2D eigenvalue weighted by molar-refractivity contribution is -0.142. The number of carboxylic acids is 1. The monoisotopic (exact) mass is 475 g/mol. The maximum absolute atomic E-state index is 13.2. The molecule has 0 aliphatic heterocycles. The topological polar surface area (TPSA) is 142 Å². The molecule has 8 heteroatoms. The molecule has 0 spiro atoms. The molecular weight excluding hydrogens is 446 g/mol. The van der Waals surface area contributed by atoms with Gasteiger partial charge in [-0.25, -0.2) is 4.79 Å². The Morgan fingerprint density at radius 2 is 1.11 bits per heavy atom. The number of carbonyl (C=O) groups is 3. The van der Waals surface area contributed by atoms with Gasteiger partial charge in [0.2, 0.25) is 11.8 Å². The molecule has 0 unspecified atom stereocenters. The summed E-state index contributed by atoms with van der Waals surface area (Å²) in [6.07, 6.45) is 0.480. The number of aromatic hydroxyl groups is 1. The number of hydrogen-bond acceptors (Lipinski definition) is 5. The summed E-state index contributed by atoms with van der Waals surface area (Å²) in [5, 5.41) is 24.4. The first-order chi connectivity index (χ1) is 16.8. The van der Waals surface area contributed by atoms with Crippen LogP contribution < -0.4 is 16.4 Å². The van der Waals surface area contributed by atoms with Gasteiger partial charge in [0.05, 0.1) is 6.04 Å². The molecule has 3 rings (SSSR count). The summed E-state index contributed by atoms with van der Waals surface area (Å²) >= 11 is 0.